The molecule has 2 rings (SSSR count). The van der Waals surface area contributed by atoms with Crippen molar-refractivity contribution in [2.24, 2.45) is 0 Å². The van der Waals surface area contributed by atoms with Crippen LogP contribution < -0.4 is 0 Å². The molecule has 2 aromatic rings. The number of aliphatic hydroxyl groups excluding tert-OH is 1. The predicted molar refractivity (Wildman–Crippen MR) is 76.7 cm³/mol. The van der Waals surface area contributed by atoms with Crippen LogP contribution in [-0.2, 0) is 0 Å². The quantitative estimate of drug-likeness (QED) is 0.672. The summed E-state index contributed by atoms with van der Waals surface area (Å²) in [6.45, 7) is 1.89. The lowest BCUT2D eigenvalue weighted by Gasteiger charge is -2.07. The smallest absolute Gasteiger partial charge is 0.269 e. The van der Waals surface area contributed by atoms with E-state index in [1.165, 1.54) is 23.9 Å². The molecule has 0 amide bonds. The highest BCUT2D eigenvalue weighted by Crippen LogP contribution is 2.29. The highest BCUT2D eigenvalue weighted by molar-refractivity contribution is 7.99. The van der Waals surface area contributed by atoms with E-state index in [0.29, 0.717) is 12.1 Å². The maximum atomic E-state index is 10.6. The Morgan fingerprint density at radius 2 is 1.90 bits per heavy atom. The minimum Gasteiger partial charge on any atom is -0.387 e. The molecule has 5 nitrogen and oxygen atoms in total. The van der Waals surface area contributed by atoms with Crippen LogP contribution >= 0.6 is 11.8 Å². The number of pyridine rings is 1. The first-order chi connectivity index (χ1) is 9.60. The molecule has 0 unspecified atom stereocenters. The average molecular weight is 290 g/mol. The van der Waals surface area contributed by atoms with Crippen LogP contribution in [0.3, 0.4) is 0 Å². The maximum Gasteiger partial charge on any atom is 0.269 e. The van der Waals surface area contributed by atoms with Gasteiger partial charge in [-0.1, -0.05) is 18.7 Å². The second kappa shape index (κ2) is 6.49. The molecule has 0 spiro atoms. The summed E-state index contributed by atoms with van der Waals surface area (Å²) in [5, 5.41) is 20.2. The Bertz CT molecular complexity index is 584. The summed E-state index contributed by atoms with van der Waals surface area (Å²) in [6, 6.07) is 10.0. The largest absolute Gasteiger partial charge is 0.387 e. The van der Waals surface area contributed by atoms with E-state index in [2.05, 4.69) is 4.98 Å². The summed E-state index contributed by atoms with van der Waals surface area (Å²) in [4.78, 5) is 16.2. The van der Waals surface area contributed by atoms with Crippen LogP contribution in [0.25, 0.3) is 0 Å². The van der Waals surface area contributed by atoms with Crippen molar-refractivity contribution in [3.8, 4) is 0 Å². The lowest BCUT2D eigenvalue weighted by molar-refractivity contribution is -0.384. The Morgan fingerprint density at radius 1 is 1.25 bits per heavy atom. The van der Waals surface area contributed by atoms with Crippen LogP contribution in [0.2, 0.25) is 0 Å². The number of hydrogen-bond acceptors (Lipinski definition) is 5. The van der Waals surface area contributed by atoms with Crippen molar-refractivity contribution in [3.63, 3.8) is 0 Å². The fraction of sp³-hybridized carbons (Fsp3) is 0.214. The van der Waals surface area contributed by atoms with Gasteiger partial charge in [0, 0.05) is 28.1 Å². The molecule has 0 fully saturated rings. The highest BCUT2D eigenvalue weighted by Gasteiger charge is 2.07. The fourth-order valence-electron chi connectivity index (χ4n) is 1.63. The normalized spacial score (nSPS) is 12.1. The minimum atomic E-state index is -0.534. The molecule has 1 N–H and O–H groups in total. The first-order valence-corrected chi connectivity index (χ1v) is 6.98. The molecule has 1 aromatic heterocycles. The van der Waals surface area contributed by atoms with Gasteiger partial charge in [-0.15, -0.1) is 0 Å². The summed E-state index contributed by atoms with van der Waals surface area (Å²) < 4.78 is 0. The van der Waals surface area contributed by atoms with Crippen molar-refractivity contribution in [2.45, 2.75) is 29.2 Å². The number of nitro groups is 1. The van der Waals surface area contributed by atoms with E-state index in [9.17, 15) is 15.2 Å². The minimum absolute atomic E-state index is 0.0777. The summed E-state index contributed by atoms with van der Waals surface area (Å²) in [6.07, 6.45) is 1.79. The summed E-state index contributed by atoms with van der Waals surface area (Å²) in [5.41, 5.74) is 0.731. The van der Waals surface area contributed by atoms with Gasteiger partial charge in [-0.05, 0) is 30.7 Å². The Hall–Kier alpha value is -1.92. The molecule has 104 valence electrons. The predicted octanol–water partition coefficient (Wildman–Crippen LogP) is 3.58. The lowest BCUT2D eigenvalue weighted by atomic mass is 10.2. The SMILES string of the molecule is CC[C@H](O)c1ccc(Sc2ccc([N+](=O)[O-])cc2)cn1. The molecule has 0 aliphatic rings. The van der Waals surface area contributed by atoms with Gasteiger partial charge in [0.1, 0.15) is 0 Å². The first kappa shape index (κ1) is 14.5. The van der Waals surface area contributed by atoms with Gasteiger partial charge >= 0.3 is 0 Å². The van der Waals surface area contributed by atoms with Gasteiger partial charge in [0.15, 0.2) is 0 Å². The number of nitro benzene ring substituents is 1. The standard InChI is InChI=1S/C14H14N2O3S/c1-2-14(17)13-8-7-12(9-15-13)20-11-5-3-10(4-6-11)16(18)19/h3-9,14,17H,2H2,1H3/t14-/m0/s1. The molecule has 1 aromatic carbocycles. The van der Waals surface area contributed by atoms with Crippen molar-refractivity contribution in [1.82, 2.24) is 4.98 Å². The third kappa shape index (κ3) is 3.55. The Morgan fingerprint density at radius 3 is 2.40 bits per heavy atom. The van der Waals surface area contributed by atoms with Gasteiger partial charge in [-0.25, -0.2) is 0 Å². The number of rotatable bonds is 5. The van der Waals surface area contributed by atoms with E-state index in [1.807, 2.05) is 13.0 Å². The zero-order chi connectivity index (χ0) is 14.5. The average Bonchev–Trinajstić information content (AvgIpc) is 2.48. The number of non-ortho nitro benzene ring substituents is 1. The maximum absolute atomic E-state index is 10.6. The number of nitrogens with zero attached hydrogens (tertiary/aromatic N) is 2. The van der Waals surface area contributed by atoms with E-state index in [-0.39, 0.29) is 5.69 Å². The van der Waals surface area contributed by atoms with Gasteiger partial charge in [-0.3, -0.25) is 15.1 Å². The van der Waals surface area contributed by atoms with Crippen molar-refractivity contribution in [1.29, 1.82) is 0 Å². The molecule has 1 atom stereocenters. The fourth-order valence-corrected chi connectivity index (χ4v) is 2.42. The third-order valence-electron chi connectivity index (χ3n) is 2.77. The zero-order valence-corrected chi connectivity index (χ0v) is 11.7. The highest BCUT2D eigenvalue weighted by atomic mass is 32.2. The van der Waals surface area contributed by atoms with E-state index in [1.54, 1.807) is 24.4 Å². The molecule has 0 radical (unpaired) electrons. The van der Waals surface area contributed by atoms with Crippen molar-refractivity contribution in [3.05, 3.63) is 58.4 Å². The monoisotopic (exact) mass is 290 g/mol. The van der Waals surface area contributed by atoms with Gasteiger partial charge in [-0.2, -0.15) is 0 Å². The molecule has 0 saturated carbocycles. The lowest BCUT2D eigenvalue weighted by Crippen LogP contribution is -1.97. The molecular formula is C14H14N2O3S. The Kier molecular flexibility index (Phi) is 4.70. The number of aliphatic hydroxyl groups is 1. The van der Waals surface area contributed by atoms with Crippen LogP contribution in [0.15, 0.2) is 52.4 Å². The Balaban J connectivity index is 2.08. The second-order valence-electron chi connectivity index (χ2n) is 4.20. The Labute approximate surface area is 120 Å². The first-order valence-electron chi connectivity index (χ1n) is 6.16. The van der Waals surface area contributed by atoms with E-state index < -0.39 is 11.0 Å². The number of aromatic nitrogens is 1. The third-order valence-corrected chi connectivity index (χ3v) is 3.76. The molecule has 0 saturated heterocycles. The molecular weight excluding hydrogens is 276 g/mol. The van der Waals surface area contributed by atoms with Crippen molar-refractivity contribution in [2.75, 3.05) is 0 Å². The zero-order valence-electron chi connectivity index (χ0n) is 10.9. The van der Waals surface area contributed by atoms with E-state index in [0.717, 1.165) is 9.79 Å². The molecule has 0 aliphatic heterocycles. The molecule has 0 bridgehead atoms. The number of hydrogen-bond donors (Lipinski definition) is 1. The van der Waals surface area contributed by atoms with E-state index in [4.69, 9.17) is 0 Å². The second-order valence-corrected chi connectivity index (χ2v) is 5.34. The van der Waals surface area contributed by atoms with Crippen LogP contribution in [0, 0.1) is 10.1 Å². The van der Waals surface area contributed by atoms with E-state index >= 15 is 0 Å². The molecule has 6 heteroatoms. The molecule has 20 heavy (non-hydrogen) atoms. The number of benzene rings is 1. The van der Waals surface area contributed by atoms with Crippen LogP contribution in [0.4, 0.5) is 5.69 Å². The van der Waals surface area contributed by atoms with Crippen LogP contribution in [-0.4, -0.2) is 15.0 Å². The summed E-state index contributed by atoms with van der Waals surface area (Å²) in [5.74, 6) is 0. The summed E-state index contributed by atoms with van der Waals surface area (Å²) in [7, 11) is 0. The van der Waals surface area contributed by atoms with Gasteiger partial charge in [0.25, 0.3) is 5.69 Å². The van der Waals surface area contributed by atoms with Crippen LogP contribution in [0.1, 0.15) is 25.1 Å². The summed E-state index contributed by atoms with van der Waals surface area (Å²) >= 11 is 1.47. The van der Waals surface area contributed by atoms with Gasteiger partial charge < -0.3 is 5.11 Å². The van der Waals surface area contributed by atoms with Crippen molar-refractivity contribution < 1.29 is 10.0 Å². The molecule has 0 aliphatic carbocycles. The molecule has 1 heterocycles. The van der Waals surface area contributed by atoms with Crippen LogP contribution in [0.5, 0.6) is 0 Å². The topological polar surface area (TPSA) is 76.3 Å². The van der Waals surface area contributed by atoms with Gasteiger partial charge in [0.2, 0.25) is 0 Å². The van der Waals surface area contributed by atoms with Gasteiger partial charge in [0.05, 0.1) is 16.7 Å². The van der Waals surface area contributed by atoms with Crippen molar-refractivity contribution >= 4 is 17.4 Å².